The molecule has 1 unspecified atom stereocenters. The van der Waals surface area contributed by atoms with Crippen LogP contribution in [0.15, 0.2) is 46.1 Å². The molecular weight excluding hydrogens is 619 g/mol. The SMILES string of the molecule is Cc1ccc(SCCN2CCn3c(C4CCCN4C)nc(=O)c(O)c3C2=O)cc1Cl.N#Cc1ccc(C=O)cc1C(F)(F)F. The van der Waals surface area contributed by atoms with Crippen molar-refractivity contribution in [3.63, 3.8) is 0 Å². The summed E-state index contributed by atoms with van der Waals surface area (Å²) < 4.78 is 38.6. The first-order valence-electron chi connectivity index (χ1n) is 13.6. The lowest BCUT2D eigenvalue weighted by atomic mass is 10.1. The third-order valence-electron chi connectivity index (χ3n) is 7.47. The summed E-state index contributed by atoms with van der Waals surface area (Å²) in [6, 6.07) is 10.1. The van der Waals surface area contributed by atoms with Gasteiger partial charge < -0.3 is 14.6 Å². The Labute approximate surface area is 260 Å². The number of rotatable bonds is 6. The van der Waals surface area contributed by atoms with Crippen LogP contribution in [-0.2, 0) is 12.7 Å². The zero-order valence-corrected chi connectivity index (χ0v) is 25.5. The number of amides is 1. The molecule has 0 bridgehead atoms. The molecule has 9 nitrogen and oxygen atoms in total. The first-order valence-corrected chi connectivity index (χ1v) is 15.0. The highest BCUT2D eigenvalue weighted by Crippen LogP contribution is 2.33. The van der Waals surface area contributed by atoms with Crippen molar-refractivity contribution < 1.29 is 27.9 Å². The minimum Gasteiger partial charge on any atom is -0.501 e. The van der Waals surface area contributed by atoms with E-state index in [9.17, 15) is 32.7 Å². The molecule has 1 fully saturated rings. The number of hydrogen-bond acceptors (Lipinski definition) is 8. The average molecular weight is 648 g/mol. The summed E-state index contributed by atoms with van der Waals surface area (Å²) in [4.78, 5) is 44.7. The van der Waals surface area contributed by atoms with E-state index in [1.165, 1.54) is 12.1 Å². The molecule has 2 aromatic carbocycles. The van der Waals surface area contributed by atoms with Gasteiger partial charge >= 0.3 is 11.7 Å². The first kappa shape index (κ1) is 33.0. The summed E-state index contributed by atoms with van der Waals surface area (Å²) in [5, 5.41) is 19.5. The Balaban J connectivity index is 0.000000265. The van der Waals surface area contributed by atoms with E-state index >= 15 is 0 Å². The van der Waals surface area contributed by atoms with E-state index in [1.54, 1.807) is 21.2 Å². The lowest BCUT2D eigenvalue weighted by Gasteiger charge is -2.33. The number of carbonyl (C=O) groups excluding carboxylic acids is 2. The highest BCUT2D eigenvalue weighted by molar-refractivity contribution is 7.99. The van der Waals surface area contributed by atoms with E-state index in [4.69, 9.17) is 16.9 Å². The molecule has 44 heavy (non-hydrogen) atoms. The molecule has 0 saturated carbocycles. The van der Waals surface area contributed by atoms with Crippen molar-refractivity contribution in [3.8, 4) is 11.8 Å². The van der Waals surface area contributed by atoms with Crippen LogP contribution in [0.5, 0.6) is 5.75 Å². The maximum absolute atomic E-state index is 13.1. The van der Waals surface area contributed by atoms with Gasteiger partial charge in [0.1, 0.15) is 12.1 Å². The Bertz CT molecular complexity index is 1670. The van der Waals surface area contributed by atoms with E-state index in [-0.39, 0.29) is 23.2 Å². The molecule has 5 rings (SSSR count). The topological polar surface area (TPSA) is 120 Å². The van der Waals surface area contributed by atoms with Crippen molar-refractivity contribution >= 4 is 35.6 Å². The van der Waals surface area contributed by atoms with Crippen LogP contribution < -0.4 is 5.56 Å². The fraction of sp³-hybridized carbons (Fsp3) is 0.367. The molecule has 0 radical (unpaired) electrons. The zero-order valence-electron chi connectivity index (χ0n) is 23.9. The van der Waals surface area contributed by atoms with Gasteiger partial charge in [0.2, 0.25) is 5.75 Å². The minimum atomic E-state index is -4.61. The summed E-state index contributed by atoms with van der Waals surface area (Å²) in [7, 11) is 2.00. The quantitative estimate of drug-likeness (QED) is 0.282. The maximum Gasteiger partial charge on any atom is 0.417 e. The minimum absolute atomic E-state index is 0.00163. The van der Waals surface area contributed by atoms with E-state index < -0.39 is 28.6 Å². The van der Waals surface area contributed by atoms with Gasteiger partial charge in [-0.25, -0.2) is 0 Å². The molecule has 3 heterocycles. The number of aromatic hydroxyl groups is 1. The summed E-state index contributed by atoms with van der Waals surface area (Å²) in [6.45, 7) is 4.44. The van der Waals surface area contributed by atoms with Crippen LogP contribution >= 0.6 is 23.4 Å². The van der Waals surface area contributed by atoms with Gasteiger partial charge in [0.05, 0.1) is 23.2 Å². The number of halogens is 4. The maximum atomic E-state index is 13.1. The molecule has 1 aromatic heterocycles. The van der Waals surface area contributed by atoms with Crippen molar-refractivity contribution in [2.75, 3.05) is 32.4 Å². The number of benzene rings is 2. The van der Waals surface area contributed by atoms with E-state index in [2.05, 4.69) is 9.88 Å². The van der Waals surface area contributed by atoms with Gasteiger partial charge in [-0.3, -0.25) is 19.3 Å². The van der Waals surface area contributed by atoms with Crippen molar-refractivity contribution in [3.05, 3.63) is 85.5 Å². The second kappa shape index (κ2) is 13.8. The van der Waals surface area contributed by atoms with Crippen LogP contribution in [-0.4, -0.2) is 69.1 Å². The Morgan fingerprint density at radius 1 is 1.18 bits per heavy atom. The number of aromatic nitrogens is 2. The fourth-order valence-corrected chi connectivity index (χ4v) is 6.24. The smallest absolute Gasteiger partial charge is 0.417 e. The third kappa shape index (κ3) is 7.26. The first-order chi connectivity index (χ1) is 20.8. The Kier molecular flexibility index (Phi) is 10.4. The standard InChI is InChI=1S/C21H25ClN4O3S.C9H4F3NO/c1-13-5-6-14(12-15(13)22)30-11-10-25-8-9-26-17(21(25)29)18(27)20(28)23-19(26)16-4-3-7-24(16)2;10-9(11,12)8-3-6(5-14)1-2-7(8)4-13/h5-6,12,16,27H,3-4,7-11H2,1-2H3;1-3,5H. The highest BCUT2D eigenvalue weighted by atomic mass is 35.5. The number of alkyl halides is 3. The van der Waals surface area contributed by atoms with Crippen molar-refractivity contribution in [2.45, 2.75) is 43.4 Å². The Morgan fingerprint density at radius 2 is 1.93 bits per heavy atom. The van der Waals surface area contributed by atoms with Gasteiger partial charge in [-0.2, -0.15) is 23.4 Å². The third-order valence-corrected chi connectivity index (χ3v) is 8.85. The van der Waals surface area contributed by atoms with Crippen LogP contribution in [0.4, 0.5) is 13.2 Å². The number of carbonyl (C=O) groups is 2. The summed E-state index contributed by atoms with van der Waals surface area (Å²) in [5.41, 5.74) is -1.29. The number of aryl methyl sites for hydroxylation is 1. The summed E-state index contributed by atoms with van der Waals surface area (Å²) in [6.07, 6.45) is -2.39. The van der Waals surface area contributed by atoms with E-state index in [0.29, 0.717) is 43.6 Å². The summed E-state index contributed by atoms with van der Waals surface area (Å²) in [5.74, 6) is 0.415. The van der Waals surface area contributed by atoms with Gasteiger partial charge in [0, 0.05) is 40.9 Å². The van der Waals surface area contributed by atoms with Crippen LogP contribution in [0.3, 0.4) is 0 Å². The van der Waals surface area contributed by atoms with Crippen LogP contribution in [0.25, 0.3) is 0 Å². The molecular formula is C30H29ClF3N5O4S. The predicted molar refractivity (Wildman–Crippen MR) is 159 cm³/mol. The zero-order chi connectivity index (χ0) is 32.2. The molecule has 1 N–H and O–H groups in total. The molecule has 3 aromatic rings. The number of hydrogen-bond donors (Lipinski definition) is 1. The molecule has 14 heteroatoms. The molecule has 1 amide bonds. The number of fused-ring (bicyclic) bond motifs is 1. The number of thioether (sulfide) groups is 1. The molecule has 1 atom stereocenters. The fourth-order valence-electron chi connectivity index (χ4n) is 5.08. The molecule has 0 spiro atoms. The lowest BCUT2D eigenvalue weighted by molar-refractivity contribution is -0.137. The van der Waals surface area contributed by atoms with Gasteiger partial charge in [0.15, 0.2) is 5.69 Å². The van der Waals surface area contributed by atoms with Gasteiger partial charge in [-0.1, -0.05) is 23.7 Å². The van der Waals surface area contributed by atoms with Crippen LogP contribution in [0.2, 0.25) is 5.02 Å². The normalized spacial score (nSPS) is 16.6. The van der Waals surface area contributed by atoms with Crippen molar-refractivity contribution in [1.82, 2.24) is 19.4 Å². The highest BCUT2D eigenvalue weighted by Gasteiger charge is 2.35. The molecule has 232 valence electrons. The monoisotopic (exact) mass is 647 g/mol. The van der Waals surface area contributed by atoms with Crippen molar-refractivity contribution in [1.29, 1.82) is 5.26 Å². The summed E-state index contributed by atoms with van der Waals surface area (Å²) >= 11 is 7.81. The molecule has 0 aliphatic carbocycles. The van der Waals surface area contributed by atoms with Gasteiger partial charge in [0.25, 0.3) is 5.91 Å². The molecule has 2 aliphatic rings. The number of nitrogens with zero attached hydrogens (tertiary/aromatic N) is 5. The number of nitriles is 1. The molecule has 2 aliphatic heterocycles. The second-order valence-corrected chi connectivity index (χ2v) is 11.9. The number of likely N-dealkylation sites (tertiary alicyclic amines) is 1. The van der Waals surface area contributed by atoms with Crippen LogP contribution in [0.1, 0.15) is 62.2 Å². The van der Waals surface area contributed by atoms with Crippen LogP contribution in [0, 0.1) is 18.3 Å². The van der Waals surface area contributed by atoms with E-state index in [0.717, 1.165) is 40.9 Å². The number of aldehydes is 1. The van der Waals surface area contributed by atoms with Gasteiger partial charge in [-0.05, 0) is 63.2 Å². The van der Waals surface area contributed by atoms with Gasteiger partial charge in [-0.15, -0.1) is 11.8 Å². The Hall–Kier alpha value is -3.86. The van der Waals surface area contributed by atoms with Crippen molar-refractivity contribution in [2.24, 2.45) is 0 Å². The predicted octanol–water partition coefficient (Wildman–Crippen LogP) is 5.32. The lowest BCUT2D eigenvalue weighted by Crippen LogP contribution is -2.44. The Morgan fingerprint density at radius 3 is 2.55 bits per heavy atom. The van der Waals surface area contributed by atoms with E-state index in [1.807, 2.05) is 32.2 Å². The molecule has 1 saturated heterocycles. The average Bonchev–Trinajstić information content (AvgIpc) is 3.42. The largest absolute Gasteiger partial charge is 0.501 e. The second-order valence-electron chi connectivity index (χ2n) is 10.3.